The number of rotatable bonds is 9. The Hall–Kier alpha value is -3.68. The summed E-state index contributed by atoms with van der Waals surface area (Å²) in [5, 5.41) is 0.829. The molecule has 1 heterocycles. The van der Waals surface area contributed by atoms with E-state index in [4.69, 9.17) is 18.9 Å². The van der Waals surface area contributed by atoms with Crippen LogP contribution in [-0.2, 0) is 6.54 Å². The monoisotopic (exact) mass is 440 g/mol. The first-order valence-corrected chi connectivity index (χ1v) is 10.2. The van der Waals surface area contributed by atoms with Gasteiger partial charge < -0.3 is 28.8 Å². The Morgan fingerprint density at radius 1 is 0.938 bits per heavy atom. The van der Waals surface area contributed by atoms with Gasteiger partial charge in [-0.25, -0.2) is 0 Å². The number of nitrogens with one attached hydrogen (secondary N) is 1. The molecule has 0 atom stereocenters. The number of nitrogens with zero attached hydrogens (tertiary/aromatic N) is 1. The number of methoxy groups -OCH3 is 4. The van der Waals surface area contributed by atoms with Crippen LogP contribution in [-0.4, -0.2) is 50.8 Å². The summed E-state index contributed by atoms with van der Waals surface area (Å²) in [5.41, 5.74) is 1.34. The Morgan fingerprint density at radius 3 is 2.19 bits per heavy atom. The zero-order valence-corrected chi connectivity index (χ0v) is 19.0. The number of carbonyl (C=O) groups is 1. The van der Waals surface area contributed by atoms with Crippen molar-refractivity contribution in [2.45, 2.75) is 19.9 Å². The molecule has 0 aliphatic rings. The van der Waals surface area contributed by atoms with Crippen molar-refractivity contribution in [3.05, 3.63) is 57.9 Å². The van der Waals surface area contributed by atoms with E-state index >= 15 is 0 Å². The predicted octanol–water partition coefficient (Wildman–Crippen LogP) is 3.61. The molecule has 0 radical (unpaired) electrons. The second kappa shape index (κ2) is 10.1. The van der Waals surface area contributed by atoms with Crippen LogP contribution < -0.4 is 24.5 Å². The van der Waals surface area contributed by atoms with Gasteiger partial charge in [-0.1, -0.05) is 6.92 Å². The molecule has 170 valence electrons. The minimum absolute atomic E-state index is 0.159. The molecule has 0 bridgehead atoms. The quantitative estimate of drug-likeness (QED) is 0.547. The maximum absolute atomic E-state index is 13.4. The Bertz CT molecular complexity index is 1150. The molecule has 0 spiro atoms. The highest BCUT2D eigenvalue weighted by molar-refractivity contribution is 5.95. The largest absolute Gasteiger partial charge is 0.497 e. The molecular formula is C24H28N2O6. The van der Waals surface area contributed by atoms with Crippen LogP contribution in [0.3, 0.4) is 0 Å². The van der Waals surface area contributed by atoms with E-state index in [-0.39, 0.29) is 18.0 Å². The van der Waals surface area contributed by atoms with Gasteiger partial charge in [0.05, 0.1) is 35.0 Å². The minimum Gasteiger partial charge on any atom is -0.497 e. The maximum Gasteiger partial charge on any atom is 0.254 e. The second-order valence-corrected chi connectivity index (χ2v) is 7.22. The molecule has 2 aromatic carbocycles. The fraction of sp³-hybridized carbons (Fsp3) is 0.333. The molecule has 8 heteroatoms. The van der Waals surface area contributed by atoms with Gasteiger partial charge in [-0.3, -0.25) is 9.59 Å². The number of hydrogen-bond acceptors (Lipinski definition) is 6. The summed E-state index contributed by atoms with van der Waals surface area (Å²) >= 11 is 0. The SMILES string of the molecule is CCCN(Cc1cc2cc(OC)ccc2[nH]c1=O)C(=O)c1cc(OC)c(OC)c(OC)c1. The number of fused-ring (bicyclic) bond motifs is 1. The van der Waals surface area contributed by atoms with E-state index in [0.29, 0.717) is 46.2 Å². The van der Waals surface area contributed by atoms with Crippen LogP contribution >= 0.6 is 0 Å². The number of H-pyrrole nitrogens is 1. The number of hydrogen-bond donors (Lipinski definition) is 1. The summed E-state index contributed by atoms with van der Waals surface area (Å²) in [5.74, 6) is 1.64. The van der Waals surface area contributed by atoms with Crippen LogP contribution in [0.4, 0.5) is 0 Å². The van der Waals surface area contributed by atoms with Gasteiger partial charge in [0.2, 0.25) is 5.75 Å². The first kappa shape index (κ1) is 23.0. The molecule has 0 aliphatic heterocycles. The van der Waals surface area contributed by atoms with E-state index in [1.165, 1.54) is 21.3 Å². The average molecular weight is 440 g/mol. The fourth-order valence-electron chi connectivity index (χ4n) is 3.59. The highest BCUT2D eigenvalue weighted by atomic mass is 16.5. The molecule has 8 nitrogen and oxygen atoms in total. The number of aromatic amines is 1. The first-order chi connectivity index (χ1) is 15.4. The van der Waals surface area contributed by atoms with Gasteiger partial charge in [-0.05, 0) is 42.8 Å². The lowest BCUT2D eigenvalue weighted by atomic mass is 10.1. The third-order valence-electron chi connectivity index (χ3n) is 5.18. The third kappa shape index (κ3) is 4.64. The van der Waals surface area contributed by atoms with Gasteiger partial charge in [0.1, 0.15) is 5.75 Å². The molecule has 0 fully saturated rings. The topological polar surface area (TPSA) is 90.1 Å². The lowest BCUT2D eigenvalue weighted by molar-refractivity contribution is 0.0741. The van der Waals surface area contributed by atoms with Crippen molar-refractivity contribution in [1.82, 2.24) is 9.88 Å². The third-order valence-corrected chi connectivity index (χ3v) is 5.18. The van der Waals surface area contributed by atoms with Crippen LogP contribution in [0, 0.1) is 0 Å². The minimum atomic E-state index is -0.240. The number of ether oxygens (including phenoxy) is 4. The van der Waals surface area contributed by atoms with E-state index in [9.17, 15) is 9.59 Å². The number of pyridine rings is 1. The molecule has 0 saturated heterocycles. The van der Waals surface area contributed by atoms with Crippen molar-refractivity contribution in [1.29, 1.82) is 0 Å². The number of benzene rings is 2. The highest BCUT2D eigenvalue weighted by Gasteiger charge is 2.22. The van der Waals surface area contributed by atoms with Crippen LogP contribution in [0.25, 0.3) is 10.9 Å². The van der Waals surface area contributed by atoms with Gasteiger partial charge >= 0.3 is 0 Å². The fourth-order valence-corrected chi connectivity index (χ4v) is 3.59. The van der Waals surface area contributed by atoms with Crippen molar-refractivity contribution in [2.24, 2.45) is 0 Å². The van der Waals surface area contributed by atoms with Crippen LogP contribution in [0.2, 0.25) is 0 Å². The molecule has 1 aromatic heterocycles. The molecule has 0 saturated carbocycles. The molecule has 1 amide bonds. The zero-order valence-electron chi connectivity index (χ0n) is 19.0. The molecule has 3 rings (SSSR count). The number of carbonyl (C=O) groups excluding carboxylic acids is 1. The van der Waals surface area contributed by atoms with E-state index in [2.05, 4.69) is 4.98 Å². The van der Waals surface area contributed by atoms with Gasteiger partial charge in [-0.2, -0.15) is 0 Å². The predicted molar refractivity (Wildman–Crippen MR) is 122 cm³/mol. The van der Waals surface area contributed by atoms with Crippen molar-refractivity contribution in [3.63, 3.8) is 0 Å². The molecular weight excluding hydrogens is 412 g/mol. The van der Waals surface area contributed by atoms with E-state index in [1.54, 1.807) is 42.3 Å². The summed E-state index contributed by atoms with van der Waals surface area (Å²) in [7, 11) is 6.09. The highest BCUT2D eigenvalue weighted by Crippen LogP contribution is 2.38. The van der Waals surface area contributed by atoms with Crippen molar-refractivity contribution < 1.29 is 23.7 Å². The van der Waals surface area contributed by atoms with Crippen LogP contribution in [0.5, 0.6) is 23.0 Å². The zero-order chi connectivity index (χ0) is 23.3. The van der Waals surface area contributed by atoms with Crippen molar-refractivity contribution >= 4 is 16.8 Å². The number of amides is 1. The first-order valence-electron chi connectivity index (χ1n) is 10.2. The van der Waals surface area contributed by atoms with Crippen molar-refractivity contribution in [3.8, 4) is 23.0 Å². The maximum atomic E-state index is 13.4. The smallest absolute Gasteiger partial charge is 0.254 e. The van der Waals surface area contributed by atoms with Crippen molar-refractivity contribution in [2.75, 3.05) is 35.0 Å². The lowest BCUT2D eigenvalue weighted by Gasteiger charge is -2.23. The van der Waals surface area contributed by atoms with E-state index < -0.39 is 0 Å². The molecule has 32 heavy (non-hydrogen) atoms. The molecule has 3 aromatic rings. The summed E-state index contributed by atoms with van der Waals surface area (Å²) in [6.45, 7) is 2.61. The molecule has 1 N–H and O–H groups in total. The Morgan fingerprint density at radius 2 is 1.62 bits per heavy atom. The second-order valence-electron chi connectivity index (χ2n) is 7.22. The molecule has 0 unspecified atom stereocenters. The van der Waals surface area contributed by atoms with Gasteiger partial charge in [0.25, 0.3) is 11.5 Å². The average Bonchev–Trinajstić information content (AvgIpc) is 2.82. The molecule has 0 aliphatic carbocycles. The van der Waals surface area contributed by atoms with Gasteiger partial charge in [-0.15, -0.1) is 0 Å². The Balaban J connectivity index is 1.99. The van der Waals surface area contributed by atoms with Crippen LogP contribution in [0.15, 0.2) is 41.2 Å². The Labute approximate surface area is 186 Å². The normalized spacial score (nSPS) is 10.7. The summed E-state index contributed by atoms with van der Waals surface area (Å²) in [4.78, 5) is 30.6. The van der Waals surface area contributed by atoms with Gasteiger partial charge in [0.15, 0.2) is 11.5 Å². The van der Waals surface area contributed by atoms with Crippen LogP contribution in [0.1, 0.15) is 29.3 Å². The standard InChI is InChI=1S/C24H28N2O6/c1-6-9-26(24(28)16-12-20(30-3)22(32-5)21(13-16)31-4)14-17-10-15-11-18(29-2)7-8-19(15)25-23(17)27/h7-8,10-13H,6,9,14H2,1-5H3,(H,25,27). The number of aromatic nitrogens is 1. The Kier molecular flexibility index (Phi) is 7.25. The van der Waals surface area contributed by atoms with Gasteiger partial charge in [0, 0.05) is 28.6 Å². The summed E-state index contributed by atoms with van der Waals surface area (Å²) in [6, 6.07) is 10.4. The lowest BCUT2D eigenvalue weighted by Crippen LogP contribution is -2.33. The van der Waals surface area contributed by atoms with E-state index in [1.807, 2.05) is 13.0 Å². The summed E-state index contributed by atoms with van der Waals surface area (Å²) in [6.07, 6.45) is 0.732. The summed E-state index contributed by atoms with van der Waals surface area (Å²) < 4.78 is 21.4. The van der Waals surface area contributed by atoms with E-state index in [0.717, 1.165) is 11.8 Å².